The van der Waals surface area contributed by atoms with Crippen LogP contribution in [0.1, 0.15) is 277 Å². The van der Waals surface area contributed by atoms with E-state index >= 15 is 0 Å². The van der Waals surface area contributed by atoms with Crippen molar-refractivity contribution in [1.82, 2.24) is 5.32 Å². The maximum Gasteiger partial charge on any atom is 0.472 e. The molecule has 3 N–H and O–H groups in total. The summed E-state index contributed by atoms with van der Waals surface area (Å²) in [7, 11) is 1.57. The number of hydrogen-bond donors (Lipinski definition) is 3. The van der Waals surface area contributed by atoms with Gasteiger partial charge in [0.25, 0.3) is 0 Å². The molecule has 3 atom stereocenters. The number of phosphoric acid groups is 1. The van der Waals surface area contributed by atoms with Crippen LogP contribution < -0.4 is 5.32 Å². The second-order valence-electron chi connectivity index (χ2n) is 23.1. The normalized spacial score (nSPS) is 14.5. The minimum Gasteiger partial charge on any atom is -0.387 e. The molecule has 0 spiro atoms. The van der Waals surface area contributed by atoms with Gasteiger partial charge in [-0.05, 0) is 83.5 Å². The monoisotopic (exact) mass is 1120 g/mol. The number of rotatable bonds is 59. The van der Waals surface area contributed by atoms with E-state index in [1.165, 1.54) is 167 Å². The fourth-order valence-electron chi connectivity index (χ4n) is 9.18. The van der Waals surface area contributed by atoms with E-state index in [-0.39, 0.29) is 19.1 Å². The van der Waals surface area contributed by atoms with Crippen LogP contribution in [0.5, 0.6) is 0 Å². The summed E-state index contributed by atoms with van der Waals surface area (Å²) >= 11 is 0. The summed E-state index contributed by atoms with van der Waals surface area (Å²) < 4.78 is 23.8. The molecule has 9 heteroatoms. The smallest absolute Gasteiger partial charge is 0.387 e. The van der Waals surface area contributed by atoms with Gasteiger partial charge in [-0.1, -0.05) is 297 Å². The third kappa shape index (κ3) is 62.6. The molecule has 0 saturated carbocycles. The van der Waals surface area contributed by atoms with E-state index in [1.807, 2.05) is 27.2 Å². The third-order valence-corrected chi connectivity index (χ3v) is 15.2. The van der Waals surface area contributed by atoms with E-state index in [9.17, 15) is 19.4 Å². The summed E-state index contributed by atoms with van der Waals surface area (Å²) in [6.07, 6.45) is 87.8. The van der Waals surface area contributed by atoms with Gasteiger partial charge in [-0.3, -0.25) is 13.8 Å². The molecule has 1 amide bonds. The first-order chi connectivity index (χ1) is 38.5. The first kappa shape index (κ1) is 76.2. The van der Waals surface area contributed by atoms with Gasteiger partial charge < -0.3 is 19.8 Å². The van der Waals surface area contributed by atoms with Gasteiger partial charge in [0, 0.05) is 6.42 Å². The first-order valence-electron chi connectivity index (χ1n) is 32.8. The Morgan fingerprint density at radius 3 is 1.11 bits per heavy atom. The number of quaternary nitrogens is 1. The minimum absolute atomic E-state index is 0.0575. The van der Waals surface area contributed by atoms with Gasteiger partial charge in [-0.25, -0.2) is 4.57 Å². The second kappa shape index (κ2) is 59.8. The Bertz CT molecular complexity index is 1650. The van der Waals surface area contributed by atoms with Crippen molar-refractivity contribution < 1.29 is 32.9 Å². The van der Waals surface area contributed by atoms with Crippen molar-refractivity contribution in [3.8, 4) is 0 Å². The highest BCUT2D eigenvalue weighted by atomic mass is 31.2. The van der Waals surface area contributed by atoms with Gasteiger partial charge in [0.15, 0.2) is 0 Å². The van der Waals surface area contributed by atoms with Crippen molar-refractivity contribution in [1.29, 1.82) is 0 Å². The molecule has 0 fully saturated rings. The van der Waals surface area contributed by atoms with Crippen molar-refractivity contribution in [3.05, 3.63) is 109 Å². The lowest BCUT2D eigenvalue weighted by molar-refractivity contribution is -0.870. The summed E-state index contributed by atoms with van der Waals surface area (Å²) in [5.41, 5.74) is 0. The van der Waals surface area contributed by atoms with Crippen LogP contribution in [0, 0.1) is 0 Å². The summed E-state index contributed by atoms with van der Waals surface area (Å²) in [5, 5.41) is 14.0. The Hall–Kier alpha value is -2.84. The standard InChI is InChI=1S/C70H125N2O6P/c1-6-8-10-12-14-16-18-20-22-24-26-28-29-30-31-32-33-34-35-36-37-38-39-40-41-42-43-44-46-48-50-52-54-56-58-60-62-64-70(74)71-68(67-78-79(75,76)77-66-65-72(3,4)5)69(73)63-61-59-57-55-53-51-49-47-45-27-25-23-21-19-17-15-13-11-9-7-2/h8,10,14,16,20,22,26,28,30-31,33-34,36-37,39-40,61,63,68-69,73H,6-7,9,11-13,15,17-19,21,23-25,27,29,32,35,38,41-60,62,64-67H2,1-5H3,(H-,71,74,75,76)/p+1/b10-8-,16-14-,22-20-,28-26-,31-30-,34-33-,37-36-,40-39-,63-61+. The van der Waals surface area contributed by atoms with Gasteiger partial charge in [-0.15, -0.1) is 0 Å². The highest BCUT2D eigenvalue weighted by Gasteiger charge is 2.27. The fraction of sp³-hybridized carbons (Fsp3) is 0.729. The summed E-state index contributed by atoms with van der Waals surface area (Å²) in [6.45, 7) is 4.72. The summed E-state index contributed by atoms with van der Waals surface area (Å²) in [5.74, 6) is -0.181. The van der Waals surface area contributed by atoms with E-state index in [2.05, 4.69) is 116 Å². The van der Waals surface area contributed by atoms with Crippen molar-refractivity contribution >= 4 is 13.7 Å². The number of carbonyl (C=O) groups excluding carboxylic acids is 1. The average Bonchev–Trinajstić information content (AvgIpc) is 3.42. The average molecular weight is 1120 g/mol. The Morgan fingerprint density at radius 2 is 0.759 bits per heavy atom. The lowest BCUT2D eigenvalue weighted by atomic mass is 10.0. The minimum atomic E-state index is -4.36. The van der Waals surface area contributed by atoms with Gasteiger partial charge in [0.05, 0.1) is 39.9 Å². The number of unbranched alkanes of at least 4 members (excludes halogenated alkanes) is 30. The highest BCUT2D eigenvalue weighted by molar-refractivity contribution is 7.47. The molecular weight excluding hydrogens is 996 g/mol. The number of amides is 1. The SMILES string of the molecule is CC/C=C\C/C=C\C/C=C\C/C=C\C/C=C\C/C=C\C/C=C\C/C=C\CCCCCCCCCCCCCCC(=O)NC(COP(=O)(O)OCC[N+](C)(C)C)C(O)/C=C/CCCCCCCCCCCCCCCCCCCC. The zero-order chi connectivity index (χ0) is 57.7. The van der Waals surface area contributed by atoms with E-state index in [1.54, 1.807) is 6.08 Å². The summed E-state index contributed by atoms with van der Waals surface area (Å²) in [6, 6.07) is -0.855. The molecule has 0 saturated heterocycles. The van der Waals surface area contributed by atoms with Crippen LogP contribution in [0.15, 0.2) is 109 Å². The van der Waals surface area contributed by atoms with E-state index in [0.717, 1.165) is 89.9 Å². The zero-order valence-electron chi connectivity index (χ0n) is 52.1. The molecular formula is C70H126N2O6P+. The number of aliphatic hydroxyl groups excluding tert-OH is 1. The molecule has 3 unspecified atom stereocenters. The number of hydrogen-bond acceptors (Lipinski definition) is 5. The van der Waals surface area contributed by atoms with E-state index < -0.39 is 20.0 Å². The molecule has 0 aliphatic carbocycles. The lowest BCUT2D eigenvalue weighted by Crippen LogP contribution is -2.45. The molecule has 0 aromatic rings. The number of aliphatic hydroxyl groups is 1. The number of carbonyl (C=O) groups is 1. The molecule has 0 radical (unpaired) electrons. The lowest BCUT2D eigenvalue weighted by Gasteiger charge is -2.25. The van der Waals surface area contributed by atoms with Gasteiger partial charge in [-0.2, -0.15) is 0 Å². The van der Waals surface area contributed by atoms with Gasteiger partial charge >= 0.3 is 7.82 Å². The number of nitrogens with one attached hydrogen (secondary N) is 1. The van der Waals surface area contributed by atoms with E-state index in [0.29, 0.717) is 17.4 Å². The predicted molar refractivity (Wildman–Crippen MR) is 345 cm³/mol. The van der Waals surface area contributed by atoms with Crippen molar-refractivity contribution in [2.75, 3.05) is 40.9 Å². The highest BCUT2D eigenvalue weighted by Crippen LogP contribution is 2.43. The van der Waals surface area contributed by atoms with Crippen molar-refractivity contribution in [2.24, 2.45) is 0 Å². The van der Waals surface area contributed by atoms with E-state index in [4.69, 9.17) is 9.05 Å². The van der Waals surface area contributed by atoms with Crippen molar-refractivity contribution in [2.45, 2.75) is 289 Å². The predicted octanol–water partition coefficient (Wildman–Crippen LogP) is 20.7. The molecule has 0 rings (SSSR count). The largest absolute Gasteiger partial charge is 0.472 e. The zero-order valence-corrected chi connectivity index (χ0v) is 53.0. The second-order valence-corrected chi connectivity index (χ2v) is 24.6. The van der Waals surface area contributed by atoms with Crippen LogP contribution in [-0.2, 0) is 18.4 Å². The van der Waals surface area contributed by atoms with Crippen LogP contribution in [0.2, 0.25) is 0 Å². The molecule has 79 heavy (non-hydrogen) atoms. The molecule has 8 nitrogen and oxygen atoms in total. The molecule has 0 heterocycles. The molecule has 0 aromatic carbocycles. The quantitative estimate of drug-likeness (QED) is 0.0243. The number of phosphoric ester groups is 1. The molecule has 456 valence electrons. The molecule has 0 aromatic heterocycles. The summed E-state index contributed by atoms with van der Waals surface area (Å²) in [4.78, 5) is 23.4. The van der Waals surface area contributed by atoms with Crippen LogP contribution in [0.25, 0.3) is 0 Å². The van der Waals surface area contributed by atoms with Crippen molar-refractivity contribution in [3.63, 3.8) is 0 Å². The third-order valence-electron chi connectivity index (χ3n) is 14.2. The van der Waals surface area contributed by atoms with Crippen LogP contribution in [0.4, 0.5) is 0 Å². The Morgan fingerprint density at radius 1 is 0.443 bits per heavy atom. The van der Waals surface area contributed by atoms with Crippen LogP contribution >= 0.6 is 7.82 Å². The first-order valence-corrected chi connectivity index (χ1v) is 34.3. The van der Waals surface area contributed by atoms with Gasteiger partial charge in [0.1, 0.15) is 13.2 Å². The number of allylic oxidation sites excluding steroid dienone is 17. The van der Waals surface area contributed by atoms with Gasteiger partial charge in [0.2, 0.25) is 5.91 Å². The molecule has 0 bridgehead atoms. The Balaban J connectivity index is 4.11. The van der Waals surface area contributed by atoms with Crippen LogP contribution in [-0.4, -0.2) is 73.4 Å². The molecule has 0 aliphatic rings. The Kier molecular flexibility index (Phi) is 57.6. The van der Waals surface area contributed by atoms with Crippen LogP contribution in [0.3, 0.4) is 0 Å². The fourth-order valence-corrected chi connectivity index (χ4v) is 9.91. The maximum absolute atomic E-state index is 13.0. The number of nitrogens with zero attached hydrogens (tertiary/aromatic N) is 1. The molecule has 0 aliphatic heterocycles. The topological polar surface area (TPSA) is 105 Å². The Labute approximate surface area is 489 Å². The number of likely N-dealkylation sites (N-methyl/N-ethyl adjacent to an activating group) is 1. The maximum atomic E-state index is 13.0.